The second-order valence-corrected chi connectivity index (χ2v) is 9.23. The van der Waals surface area contributed by atoms with Gasteiger partial charge in [-0.25, -0.2) is 4.98 Å². The highest BCUT2D eigenvalue weighted by Gasteiger charge is 2.20. The zero-order valence-electron chi connectivity index (χ0n) is 19.4. The third-order valence-electron chi connectivity index (χ3n) is 5.47. The van der Waals surface area contributed by atoms with Crippen molar-refractivity contribution in [3.63, 3.8) is 0 Å². The average Bonchev–Trinajstić information content (AvgIpc) is 3.34. The van der Waals surface area contributed by atoms with E-state index >= 15 is 0 Å². The van der Waals surface area contributed by atoms with Crippen molar-refractivity contribution in [2.75, 3.05) is 19.0 Å². The number of halogens is 1. The van der Waals surface area contributed by atoms with Crippen LogP contribution in [0.3, 0.4) is 0 Å². The van der Waals surface area contributed by atoms with E-state index in [2.05, 4.69) is 30.5 Å². The quantitative estimate of drug-likeness (QED) is 0.353. The number of carbonyl (C=O) groups is 1. The van der Waals surface area contributed by atoms with E-state index in [4.69, 9.17) is 25.8 Å². The number of hydrogen-bond donors (Lipinski definition) is 1. The van der Waals surface area contributed by atoms with Crippen LogP contribution < -0.4 is 14.8 Å². The van der Waals surface area contributed by atoms with Gasteiger partial charge in [-0.05, 0) is 42.0 Å². The molecule has 4 aromatic rings. The SMILES string of the molecule is COc1cnc(Cl)cc1-c1cc(C)ncc1C(=O)Nc1nnc(OCc2ccc3c(n2)CCOC3)s1. The number of amides is 1. The lowest BCUT2D eigenvalue weighted by molar-refractivity contribution is 0.102. The van der Waals surface area contributed by atoms with Crippen LogP contribution in [0.15, 0.2) is 36.7 Å². The van der Waals surface area contributed by atoms with Gasteiger partial charge in [0.25, 0.3) is 11.1 Å². The van der Waals surface area contributed by atoms with Crippen LogP contribution in [0, 0.1) is 6.92 Å². The first kappa shape index (κ1) is 24.0. The topological polar surface area (TPSA) is 121 Å². The fourth-order valence-corrected chi connectivity index (χ4v) is 4.48. The number of rotatable bonds is 7. The van der Waals surface area contributed by atoms with E-state index in [1.165, 1.54) is 19.5 Å². The van der Waals surface area contributed by atoms with Gasteiger partial charge in [0, 0.05) is 35.1 Å². The number of aryl methyl sites for hydroxylation is 1. The van der Waals surface area contributed by atoms with Crippen molar-refractivity contribution in [1.82, 2.24) is 25.1 Å². The molecule has 184 valence electrons. The van der Waals surface area contributed by atoms with E-state index < -0.39 is 5.91 Å². The predicted octanol–water partition coefficient (Wildman–Crippen LogP) is 4.26. The van der Waals surface area contributed by atoms with Crippen LogP contribution in [0.4, 0.5) is 5.13 Å². The third-order valence-corrected chi connectivity index (χ3v) is 6.42. The van der Waals surface area contributed by atoms with Gasteiger partial charge in [-0.15, -0.1) is 5.10 Å². The summed E-state index contributed by atoms with van der Waals surface area (Å²) >= 11 is 7.23. The molecule has 0 atom stereocenters. The summed E-state index contributed by atoms with van der Waals surface area (Å²) in [5, 5.41) is 11.7. The summed E-state index contributed by atoms with van der Waals surface area (Å²) in [7, 11) is 1.53. The molecule has 0 radical (unpaired) electrons. The van der Waals surface area contributed by atoms with E-state index in [0.717, 1.165) is 40.4 Å². The summed E-state index contributed by atoms with van der Waals surface area (Å²) in [6, 6.07) is 7.34. The Kier molecular flexibility index (Phi) is 7.03. The Labute approximate surface area is 215 Å². The maximum atomic E-state index is 13.2. The van der Waals surface area contributed by atoms with Crippen molar-refractivity contribution in [1.29, 1.82) is 0 Å². The molecule has 0 saturated heterocycles. The first-order valence-corrected chi connectivity index (χ1v) is 12.2. The smallest absolute Gasteiger partial charge is 0.296 e. The van der Waals surface area contributed by atoms with Crippen molar-refractivity contribution in [2.45, 2.75) is 26.6 Å². The molecule has 1 aliphatic rings. The summed E-state index contributed by atoms with van der Waals surface area (Å²) in [6.07, 6.45) is 3.79. The molecule has 36 heavy (non-hydrogen) atoms. The second kappa shape index (κ2) is 10.5. The van der Waals surface area contributed by atoms with Gasteiger partial charge in [-0.1, -0.05) is 22.8 Å². The number of carbonyl (C=O) groups excluding carboxylic acids is 1. The molecule has 0 aromatic carbocycles. The van der Waals surface area contributed by atoms with Gasteiger partial charge in [0.1, 0.15) is 17.5 Å². The zero-order chi connectivity index (χ0) is 25.1. The highest BCUT2D eigenvalue weighted by molar-refractivity contribution is 7.17. The molecule has 0 spiro atoms. The molecule has 0 saturated carbocycles. The van der Waals surface area contributed by atoms with Crippen LogP contribution in [0.1, 0.15) is 33.0 Å². The number of fused-ring (bicyclic) bond motifs is 1. The molecule has 4 aromatic heterocycles. The Morgan fingerprint density at radius 1 is 1.19 bits per heavy atom. The molecule has 0 bridgehead atoms. The van der Waals surface area contributed by atoms with Crippen molar-refractivity contribution >= 4 is 34.0 Å². The van der Waals surface area contributed by atoms with E-state index in [1.54, 1.807) is 12.1 Å². The van der Waals surface area contributed by atoms with Gasteiger partial charge in [0.2, 0.25) is 5.13 Å². The zero-order valence-corrected chi connectivity index (χ0v) is 21.0. The van der Waals surface area contributed by atoms with Gasteiger partial charge in [0.15, 0.2) is 0 Å². The van der Waals surface area contributed by atoms with Gasteiger partial charge in [-0.2, -0.15) is 0 Å². The second-order valence-electron chi connectivity index (χ2n) is 7.91. The van der Waals surface area contributed by atoms with E-state index in [1.807, 2.05) is 19.1 Å². The van der Waals surface area contributed by atoms with Crippen LogP contribution in [-0.2, 0) is 24.4 Å². The molecule has 1 aliphatic heterocycles. The molecule has 0 unspecified atom stereocenters. The number of hydrogen-bond acceptors (Lipinski definition) is 10. The number of aromatic nitrogens is 5. The molecule has 0 aliphatic carbocycles. The summed E-state index contributed by atoms with van der Waals surface area (Å²) in [6.45, 7) is 3.33. The lowest BCUT2D eigenvalue weighted by Crippen LogP contribution is -2.14. The molecule has 5 rings (SSSR count). The predicted molar refractivity (Wildman–Crippen MR) is 134 cm³/mol. The molecular formula is C24H21ClN6O4S. The third kappa shape index (κ3) is 5.27. The van der Waals surface area contributed by atoms with Crippen LogP contribution in [0.5, 0.6) is 10.9 Å². The van der Waals surface area contributed by atoms with Crippen LogP contribution in [-0.4, -0.2) is 44.8 Å². The first-order chi connectivity index (χ1) is 17.5. The van der Waals surface area contributed by atoms with E-state index in [0.29, 0.717) is 40.8 Å². The van der Waals surface area contributed by atoms with E-state index in [-0.39, 0.29) is 16.9 Å². The highest BCUT2D eigenvalue weighted by Crippen LogP contribution is 2.34. The standard InChI is InChI=1S/C24H21ClN6O4S/c1-13-7-16(17-8-21(25)27-10-20(17)33-2)18(9-26-13)22(32)29-23-30-31-24(36-23)35-12-15-4-3-14-11-34-6-5-19(14)28-15/h3-4,7-10H,5-6,11-12H2,1-2H3,(H,29,30,32). The summed E-state index contributed by atoms with van der Waals surface area (Å²) in [4.78, 5) is 26.1. The van der Waals surface area contributed by atoms with Gasteiger partial charge >= 0.3 is 0 Å². The van der Waals surface area contributed by atoms with Gasteiger partial charge in [-0.3, -0.25) is 20.1 Å². The van der Waals surface area contributed by atoms with Crippen molar-refractivity contribution in [3.8, 4) is 22.1 Å². The van der Waals surface area contributed by atoms with E-state index in [9.17, 15) is 4.79 Å². The number of nitrogens with zero attached hydrogens (tertiary/aromatic N) is 5. The lowest BCUT2D eigenvalue weighted by Gasteiger charge is -2.16. The number of nitrogens with one attached hydrogen (secondary N) is 1. The maximum Gasteiger partial charge on any atom is 0.296 e. The Morgan fingerprint density at radius 3 is 2.94 bits per heavy atom. The van der Waals surface area contributed by atoms with Gasteiger partial charge < -0.3 is 14.2 Å². The fraction of sp³-hybridized carbons (Fsp3) is 0.250. The summed E-state index contributed by atoms with van der Waals surface area (Å²) in [5.41, 5.74) is 5.19. The van der Waals surface area contributed by atoms with Crippen molar-refractivity contribution in [2.24, 2.45) is 0 Å². The molecular weight excluding hydrogens is 504 g/mol. The minimum Gasteiger partial charge on any atom is -0.494 e. The summed E-state index contributed by atoms with van der Waals surface area (Å²) < 4.78 is 16.6. The normalized spacial score (nSPS) is 12.6. The lowest BCUT2D eigenvalue weighted by atomic mass is 10.0. The maximum absolute atomic E-state index is 13.2. The number of pyridine rings is 3. The monoisotopic (exact) mass is 524 g/mol. The van der Waals surface area contributed by atoms with Crippen molar-refractivity contribution < 1.29 is 19.0 Å². The largest absolute Gasteiger partial charge is 0.494 e. The molecule has 10 nitrogen and oxygen atoms in total. The minimum atomic E-state index is -0.409. The highest BCUT2D eigenvalue weighted by atomic mass is 35.5. The summed E-state index contributed by atoms with van der Waals surface area (Å²) in [5.74, 6) is 0.0720. The van der Waals surface area contributed by atoms with Crippen LogP contribution in [0.2, 0.25) is 5.15 Å². The Hall–Kier alpha value is -3.67. The fourth-order valence-electron chi connectivity index (χ4n) is 3.73. The van der Waals surface area contributed by atoms with Crippen LogP contribution in [0.25, 0.3) is 11.1 Å². The first-order valence-electron chi connectivity index (χ1n) is 11.0. The van der Waals surface area contributed by atoms with Gasteiger partial charge in [0.05, 0.1) is 37.8 Å². The molecule has 5 heterocycles. The average molecular weight is 525 g/mol. The molecule has 1 N–H and O–H groups in total. The molecule has 1 amide bonds. The Morgan fingerprint density at radius 2 is 2.08 bits per heavy atom. The molecule has 12 heteroatoms. The van der Waals surface area contributed by atoms with Crippen molar-refractivity contribution in [3.05, 3.63) is 70.0 Å². The number of ether oxygens (including phenoxy) is 3. The Bertz CT molecular complexity index is 1430. The Balaban J connectivity index is 1.30. The molecule has 0 fully saturated rings. The number of anilines is 1. The number of methoxy groups -OCH3 is 1. The van der Waals surface area contributed by atoms with Crippen LogP contribution >= 0.6 is 22.9 Å². The minimum absolute atomic E-state index is 0.241.